The van der Waals surface area contributed by atoms with E-state index in [0.717, 1.165) is 15.6 Å². The molecule has 3 aromatic carbocycles. The molecule has 134 valence electrons. The molecule has 27 heavy (non-hydrogen) atoms. The second-order valence-electron chi connectivity index (χ2n) is 6.23. The molecular formula is C22H15BrFNO2. The molecule has 0 radical (unpaired) electrons. The molecule has 0 aromatic heterocycles. The Kier molecular flexibility index (Phi) is 4.54. The summed E-state index contributed by atoms with van der Waals surface area (Å²) in [4.78, 5) is 14.4. The zero-order valence-electron chi connectivity index (χ0n) is 14.1. The molecule has 3 nitrogen and oxygen atoms in total. The van der Waals surface area contributed by atoms with Crippen molar-refractivity contribution in [2.24, 2.45) is 0 Å². The summed E-state index contributed by atoms with van der Waals surface area (Å²) in [5, 5.41) is 10.7. The molecule has 0 bridgehead atoms. The molecule has 1 aliphatic heterocycles. The number of aliphatic hydroxyl groups is 1. The first-order valence-electron chi connectivity index (χ1n) is 8.39. The number of halogens is 2. The maximum atomic E-state index is 13.4. The van der Waals surface area contributed by atoms with E-state index in [9.17, 15) is 14.3 Å². The van der Waals surface area contributed by atoms with Gasteiger partial charge in [0, 0.05) is 15.7 Å². The number of aliphatic hydroxyl groups excluding tert-OH is 1. The van der Waals surface area contributed by atoms with Gasteiger partial charge >= 0.3 is 0 Å². The minimum atomic E-state index is -0.515. The van der Waals surface area contributed by atoms with Crippen LogP contribution in [0.1, 0.15) is 17.2 Å². The molecule has 0 saturated heterocycles. The van der Waals surface area contributed by atoms with Crippen LogP contribution in [0.25, 0.3) is 5.57 Å². The van der Waals surface area contributed by atoms with Gasteiger partial charge in [0.05, 0.1) is 6.04 Å². The molecule has 5 heteroatoms. The third kappa shape index (κ3) is 3.15. The Labute approximate surface area is 164 Å². The average molecular weight is 424 g/mol. The fourth-order valence-corrected chi connectivity index (χ4v) is 3.61. The van der Waals surface area contributed by atoms with Gasteiger partial charge in [-0.05, 0) is 47.5 Å². The Morgan fingerprint density at radius 1 is 0.889 bits per heavy atom. The van der Waals surface area contributed by atoms with Crippen LogP contribution in [-0.2, 0) is 4.79 Å². The number of anilines is 1. The van der Waals surface area contributed by atoms with E-state index in [0.29, 0.717) is 11.3 Å². The van der Waals surface area contributed by atoms with Gasteiger partial charge in [-0.25, -0.2) is 4.39 Å². The zero-order chi connectivity index (χ0) is 19.0. The fraction of sp³-hybridized carbons (Fsp3) is 0.0455. The zero-order valence-corrected chi connectivity index (χ0v) is 15.7. The Morgan fingerprint density at radius 2 is 1.52 bits per heavy atom. The second kappa shape index (κ2) is 7.00. The van der Waals surface area contributed by atoms with Crippen LogP contribution in [0.15, 0.2) is 89.1 Å². The monoisotopic (exact) mass is 423 g/mol. The Balaban J connectivity index is 1.90. The van der Waals surface area contributed by atoms with Crippen LogP contribution in [-0.4, -0.2) is 11.0 Å². The highest BCUT2D eigenvalue weighted by molar-refractivity contribution is 9.10. The summed E-state index contributed by atoms with van der Waals surface area (Å²) >= 11 is 3.42. The first kappa shape index (κ1) is 17.5. The van der Waals surface area contributed by atoms with Crippen LogP contribution in [0, 0.1) is 5.82 Å². The van der Waals surface area contributed by atoms with Gasteiger partial charge in [0.15, 0.2) is 5.76 Å². The number of benzene rings is 3. The Morgan fingerprint density at radius 3 is 2.15 bits per heavy atom. The van der Waals surface area contributed by atoms with Crippen molar-refractivity contribution >= 4 is 33.1 Å². The summed E-state index contributed by atoms with van der Waals surface area (Å²) in [5.74, 6) is -1.18. The number of hydrogen-bond donors (Lipinski definition) is 1. The highest BCUT2D eigenvalue weighted by atomic mass is 79.9. The van der Waals surface area contributed by atoms with Crippen LogP contribution < -0.4 is 4.90 Å². The molecule has 0 aliphatic carbocycles. The standard InChI is InChI=1S/C22H15BrFNO2/c23-16-8-6-15(7-9-16)20-19(14-4-2-1-3-5-14)21(26)22(27)25(20)18-12-10-17(24)11-13-18/h1-13,20,26H/t20-/m1/s1. The van der Waals surface area contributed by atoms with Gasteiger partial charge in [-0.1, -0.05) is 58.4 Å². The summed E-state index contributed by atoms with van der Waals surface area (Å²) in [6.07, 6.45) is 0. The van der Waals surface area contributed by atoms with Gasteiger partial charge in [-0.3, -0.25) is 9.69 Å². The number of carbonyl (C=O) groups is 1. The molecule has 1 amide bonds. The van der Waals surface area contributed by atoms with Crippen LogP contribution in [0.3, 0.4) is 0 Å². The molecule has 3 aromatic rings. The van der Waals surface area contributed by atoms with Crippen molar-refractivity contribution in [1.29, 1.82) is 0 Å². The van der Waals surface area contributed by atoms with Gasteiger partial charge in [0.25, 0.3) is 5.91 Å². The highest BCUT2D eigenvalue weighted by Crippen LogP contribution is 2.45. The van der Waals surface area contributed by atoms with E-state index in [1.54, 1.807) is 12.1 Å². The van der Waals surface area contributed by atoms with Crippen molar-refractivity contribution in [2.75, 3.05) is 4.90 Å². The number of carbonyl (C=O) groups excluding carboxylic acids is 1. The maximum Gasteiger partial charge on any atom is 0.294 e. The van der Waals surface area contributed by atoms with Crippen molar-refractivity contribution in [3.05, 3.63) is 106 Å². The number of rotatable bonds is 3. The summed E-state index contributed by atoms with van der Waals surface area (Å²) < 4.78 is 14.3. The highest BCUT2D eigenvalue weighted by Gasteiger charge is 2.41. The van der Waals surface area contributed by atoms with Crippen LogP contribution in [0.2, 0.25) is 0 Å². The molecule has 1 N–H and O–H groups in total. The lowest BCUT2D eigenvalue weighted by atomic mass is 9.93. The lowest BCUT2D eigenvalue weighted by molar-refractivity contribution is -0.117. The van der Waals surface area contributed by atoms with Crippen molar-refractivity contribution in [3.8, 4) is 0 Å². The molecule has 0 unspecified atom stereocenters. The molecule has 0 spiro atoms. The van der Waals surface area contributed by atoms with E-state index in [4.69, 9.17) is 0 Å². The SMILES string of the molecule is O=C1C(O)=C(c2ccccc2)[C@@H](c2ccc(Br)cc2)N1c1ccc(F)cc1. The van der Waals surface area contributed by atoms with Gasteiger partial charge in [0.1, 0.15) is 5.82 Å². The van der Waals surface area contributed by atoms with E-state index in [1.807, 2.05) is 54.6 Å². The topological polar surface area (TPSA) is 40.5 Å². The van der Waals surface area contributed by atoms with Gasteiger partial charge in [0.2, 0.25) is 0 Å². The van der Waals surface area contributed by atoms with Gasteiger partial charge in [-0.15, -0.1) is 0 Å². The summed E-state index contributed by atoms with van der Waals surface area (Å²) in [6.45, 7) is 0. The number of nitrogens with zero attached hydrogens (tertiary/aromatic N) is 1. The van der Waals surface area contributed by atoms with E-state index < -0.39 is 11.9 Å². The molecule has 0 saturated carbocycles. The largest absolute Gasteiger partial charge is 0.503 e. The predicted octanol–water partition coefficient (Wildman–Crippen LogP) is 5.65. The Hall–Kier alpha value is -2.92. The lowest BCUT2D eigenvalue weighted by Gasteiger charge is -2.27. The van der Waals surface area contributed by atoms with Gasteiger partial charge < -0.3 is 5.11 Å². The summed E-state index contributed by atoms with van der Waals surface area (Å²) in [5.41, 5.74) is 2.67. The van der Waals surface area contributed by atoms with Crippen molar-refractivity contribution < 1.29 is 14.3 Å². The molecular weight excluding hydrogens is 409 g/mol. The lowest BCUT2D eigenvalue weighted by Crippen LogP contribution is -2.30. The van der Waals surface area contributed by atoms with E-state index in [1.165, 1.54) is 17.0 Å². The van der Waals surface area contributed by atoms with Crippen molar-refractivity contribution in [3.63, 3.8) is 0 Å². The van der Waals surface area contributed by atoms with Crippen molar-refractivity contribution in [2.45, 2.75) is 6.04 Å². The second-order valence-corrected chi connectivity index (χ2v) is 7.15. The molecule has 4 rings (SSSR count). The molecule has 1 heterocycles. The van der Waals surface area contributed by atoms with Crippen LogP contribution in [0.4, 0.5) is 10.1 Å². The average Bonchev–Trinajstić information content (AvgIpc) is 2.95. The summed E-state index contributed by atoms with van der Waals surface area (Å²) in [6, 6.07) is 22.1. The third-order valence-corrected chi connectivity index (χ3v) is 5.11. The van der Waals surface area contributed by atoms with E-state index in [-0.39, 0.29) is 11.6 Å². The first-order chi connectivity index (χ1) is 13.1. The predicted molar refractivity (Wildman–Crippen MR) is 107 cm³/mol. The quantitative estimate of drug-likeness (QED) is 0.591. The molecule has 1 atom stereocenters. The van der Waals surface area contributed by atoms with Gasteiger partial charge in [-0.2, -0.15) is 0 Å². The fourth-order valence-electron chi connectivity index (χ4n) is 3.35. The number of hydrogen-bond acceptors (Lipinski definition) is 2. The van der Waals surface area contributed by atoms with Crippen LogP contribution in [0.5, 0.6) is 0 Å². The molecule has 0 fully saturated rings. The summed E-state index contributed by atoms with van der Waals surface area (Å²) in [7, 11) is 0. The minimum absolute atomic E-state index is 0.293. The van der Waals surface area contributed by atoms with E-state index >= 15 is 0 Å². The van der Waals surface area contributed by atoms with E-state index in [2.05, 4.69) is 15.9 Å². The Bertz CT molecular complexity index is 1010. The third-order valence-electron chi connectivity index (χ3n) is 4.58. The normalized spacial score (nSPS) is 16.9. The molecule has 1 aliphatic rings. The van der Waals surface area contributed by atoms with Crippen molar-refractivity contribution in [1.82, 2.24) is 0 Å². The number of amides is 1. The van der Waals surface area contributed by atoms with Crippen LogP contribution >= 0.6 is 15.9 Å². The maximum absolute atomic E-state index is 13.4. The minimum Gasteiger partial charge on any atom is -0.503 e. The first-order valence-corrected chi connectivity index (χ1v) is 9.18. The smallest absolute Gasteiger partial charge is 0.294 e.